The first-order valence-electron chi connectivity index (χ1n) is 19.3. The average molecular weight is 1040 g/mol. The normalized spacial score (nSPS) is 11.6. The maximum absolute atomic E-state index is 14.0. The summed E-state index contributed by atoms with van der Waals surface area (Å²) in [4.78, 5) is 9.62. The topological polar surface area (TPSA) is 43.9 Å². The van der Waals surface area contributed by atoms with Crippen LogP contribution < -0.4 is 4.40 Å². The van der Waals surface area contributed by atoms with E-state index in [0.717, 1.165) is 56.2 Å². The SMILES string of the molecule is Fc1cc(F)cc(-c2ccc3oc4c(-c5nc6ccccc6n5-c5ccc6sc7ccccc7c6c5)[c-]ccc4c3c2)c1.[CH3][Ge]([CH3])([CH3])[c]1ccc(-c2[c-]cccc2)nc1.[Ir]. The smallest absolute Gasteiger partial charge is 0 e. The van der Waals surface area contributed by atoms with Gasteiger partial charge in [-0.25, -0.2) is 8.78 Å². The van der Waals surface area contributed by atoms with Crippen molar-refractivity contribution in [2.24, 2.45) is 0 Å². The van der Waals surface area contributed by atoms with E-state index in [0.29, 0.717) is 22.3 Å². The zero-order chi connectivity index (χ0) is 40.3. The van der Waals surface area contributed by atoms with Crippen molar-refractivity contribution in [1.82, 2.24) is 14.5 Å². The van der Waals surface area contributed by atoms with Crippen molar-refractivity contribution >= 4 is 82.1 Å². The van der Waals surface area contributed by atoms with Gasteiger partial charge in [-0.1, -0.05) is 47.3 Å². The van der Waals surface area contributed by atoms with Gasteiger partial charge >= 0.3 is 99.8 Å². The third kappa shape index (κ3) is 7.39. The predicted molar refractivity (Wildman–Crippen MR) is 242 cm³/mol. The molecule has 1 radical (unpaired) electrons. The molecule has 0 saturated carbocycles. The molecule has 7 aromatic carbocycles. The van der Waals surface area contributed by atoms with Crippen LogP contribution in [0, 0.1) is 23.8 Å². The number of thiophene rings is 1. The fraction of sp³-hybridized carbons (Fsp3) is 0.0588. The molecule has 0 spiro atoms. The summed E-state index contributed by atoms with van der Waals surface area (Å²) in [7, 11) is 0. The van der Waals surface area contributed by atoms with Gasteiger partial charge in [-0.05, 0) is 71.8 Å². The minimum absolute atomic E-state index is 0. The molecule has 0 amide bonds. The number of fused-ring (bicyclic) bond motifs is 7. The van der Waals surface area contributed by atoms with E-state index >= 15 is 0 Å². The van der Waals surface area contributed by atoms with Gasteiger partial charge in [-0.2, -0.15) is 0 Å². The van der Waals surface area contributed by atoms with Crippen molar-refractivity contribution in [3.8, 4) is 39.5 Å². The van der Waals surface area contributed by atoms with Gasteiger partial charge in [-0.15, -0.1) is 29.5 Å². The Balaban J connectivity index is 0.000000230. The molecule has 9 heteroatoms. The number of benzene rings is 7. The van der Waals surface area contributed by atoms with Gasteiger partial charge < -0.3 is 8.98 Å². The second kappa shape index (κ2) is 16.0. The molecule has 4 aromatic heterocycles. The van der Waals surface area contributed by atoms with Crippen molar-refractivity contribution in [3.63, 3.8) is 0 Å². The number of halogens is 2. The van der Waals surface area contributed by atoms with Gasteiger partial charge in [0.1, 0.15) is 17.2 Å². The van der Waals surface area contributed by atoms with Crippen LogP contribution >= 0.6 is 11.3 Å². The van der Waals surface area contributed by atoms with Crippen molar-refractivity contribution in [1.29, 1.82) is 0 Å². The Bertz CT molecular complexity index is 3330. The predicted octanol–water partition coefficient (Wildman–Crippen LogP) is 13.8. The van der Waals surface area contributed by atoms with E-state index in [2.05, 4.69) is 99.6 Å². The summed E-state index contributed by atoms with van der Waals surface area (Å²) < 4.78 is 40.5. The molecule has 0 N–H and O–H groups in total. The number of aromatic nitrogens is 3. The van der Waals surface area contributed by atoms with Crippen LogP contribution in [0.15, 0.2) is 162 Å². The molecule has 4 nitrogen and oxygen atoms in total. The van der Waals surface area contributed by atoms with Crippen LogP contribution in [0.2, 0.25) is 17.3 Å². The van der Waals surface area contributed by atoms with E-state index in [4.69, 9.17) is 9.40 Å². The molecule has 11 rings (SSSR count). The van der Waals surface area contributed by atoms with Crippen LogP contribution in [0.3, 0.4) is 0 Å². The quantitative estimate of drug-likeness (QED) is 0.127. The molecule has 0 aliphatic heterocycles. The first kappa shape index (κ1) is 39.7. The van der Waals surface area contributed by atoms with Gasteiger partial charge in [0.25, 0.3) is 0 Å². The molecule has 0 saturated heterocycles. The van der Waals surface area contributed by atoms with Gasteiger partial charge in [0.2, 0.25) is 0 Å². The van der Waals surface area contributed by atoms with Crippen LogP contribution in [-0.2, 0) is 20.1 Å². The zero-order valence-corrected chi connectivity index (χ0v) is 38.1. The Morgan fingerprint density at radius 2 is 1.43 bits per heavy atom. The van der Waals surface area contributed by atoms with Crippen LogP contribution in [0.25, 0.3) is 92.6 Å². The minimum Gasteiger partial charge on any atom is 0 e. The first-order chi connectivity index (χ1) is 28.7. The molecule has 11 aromatic rings. The Morgan fingerprint density at radius 3 is 2.22 bits per heavy atom. The number of furan rings is 1. The van der Waals surface area contributed by atoms with Crippen LogP contribution in [0.4, 0.5) is 8.78 Å². The van der Waals surface area contributed by atoms with Crippen LogP contribution in [0.1, 0.15) is 0 Å². The van der Waals surface area contributed by atoms with E-state index in [9.17, 15) is 8.78 Å². The maximum Gasteiger partial charge on any atom is 0 e. The summed E-state index contributed by atoms with van der Waals surface area (Å²) in [5, 5.41) is 4.16. The van der Waals surface area contributed by atoms with Crippen molar-refractivity contribution < 1.29 is 33.3 Å². The number of hydrogen-bond donors (Lipinski definition) is 0. The third-order valence-corrected chi connectivity index (χ3v) is 16.1. The third-order valence-electron chi connectivity index (χ3n) is 10.6. The Morgan fingerprint density at radius 1 is 0.650 bits per heavy atom. The second-order valence-corrected chi connectivity index (χ2v) is 27.3. The number of nitrogens with zero attached hydrogens (tertiary/aromatic N) is 3. The molecule has 0 fully saturated rings. The molecule has 0 aliphatic rings. The maximum atomic E-state index is 14.0. The number of rotatable bonds is 5. The molecule has 0 bridgehead atoms. The van der Waals surface area contributed by atoms with E-state index in [-0.39, 0.29) is 20.1 Å². The molecular weight excluding hydrogens is 1010 g/mol. The van der Waals surface area contributed by atoms with E-state index in [1.165, 1.54) is 36.7 Å². The summed E-state index contributed by atoms with van der Waals surface area (Å²) in [6.07, 6.45) is 2.04. The summed E-state index contributed by atoms with van der Waals surface area (Å²) >= 11 is 0.0735. The van der Waals surface area contributed by atoms with Crippen LogP contribution in [0.5, 0.6) is 0 Å². The molecule has 60 heavy (non-hydrogen) atoms. The van der Waals surface area contributed by atoms with Gasteiger partial charge in [-0.3, -0.25) is 4.98 Å². The Kier molecular flexibility index (Phi) is 10.6. The van der Waals surface area contributed by atoms with E-state index in [1.54, 1.807) is 11.3 Å². The standard InChI is InChI=1S/C37H19F2N2OS.C14H16GeN.Ir/c38-23-16-22(17-24(39)19-23)21-12-14-33-29(18-21)27-7-5-8-28(36(27)42-33)37-40-31-9-2-3-10-32(31)41(37)25-13-15-35-30(20-25)26-6-1-4-11-34(26)43-35;1-15(2,3)13-9-10-14(16-11-13)12-7-5-4-6-8-12;/h1-7,9-20H;4-7,9-11H,1-3H3;/q2*-1;. The summed E-state index contributed by atoms with van der Waals surface area (Å²) in [6.45, 7) is 0. The van der Waals surface area contributed by atoms with Crippen molar-refractivity contribution in [2.75, 3.05) is 0 Å². The van der Waals surface area contributed by atoms with Gasteiger partial charge in [0.15, 0.2) is 0 Å². The van der Waals surface area contributed by atoms with Crippen LogP contribution in [-0.4, -0.2) is 27.8 Å². The fourth-order valence-corrected chi connectivity index (χ4v) is 10.9. The molecule has 0 unspecified atom stereocenters. The second-order valence-electron chi connectivity index (χ2n) is 15.6. The first-order valence-corrected chi connectivity index (χ1v) is 27.5. The zero-order valence-electron chi connectivity index (χ0n) is 32.8. The molecule has 295 valence electrons. The summed E-state index contributed by atoms with van der Waals surface area (Å²) in [5.74, 6) is 6.63. The van der Waals surface area contributed by atoms with Gasteiger partial charge in [0.05, 0.1) is 22.4 Å². The van der Waals surface area contributed by atoms with E-state index in [1.807, 2.05) is 79.0 Å². The molecule has 0 atom stereocenters. The average Bonchev–Trinajstić information content (AvgIpc) is 3.94. The number of hydrogen-bond acceptors (Lipinski definition) is 4. The molecule has 0 aliphatic carbocycles. The minimum atomic E-state index is -1.72. The summed E-state index contributed by atoms with van der Waals surface area (Å²) in [5.41, 5.74) is 8.14. The number of imidazole rings is 1. The Hall–Kier alpha value is -5.77. The van der Waals surface area contributed by atoms with Gasteiger partial charge in [0, 0.05) is 57.4 Å². The monoisotopic (exact) mass is 1040 g/mol. The molecular formula is C51H35F2GeIrN3OS-2. The van der Waals surface area contributed by atoms with Crippen molar-refractivity contribution in [3.05, 3.63) is 182 Å². The number of para-hydroxylation sites is 2. The van der Waals surface area contributed by atoms with Crippen molar-refractivity contribution in [2.45, 2.75) is 17.3 Å². The largest absolute Gasteiger partial charge is 0 e. The summed E-state index contributed by atoms with van der Waals surface area (Å²) in [6, 6.07) is 55.0. The Labute approximate surface area is 365 Å². The van der Waals surface area contributed by atoms with E-state index < -0.39 is 24.9 Å². The number of pyridine rings is 1. The molecule has 4 heterocycles. The fourth-order valence-electron chi connectivity index (χ4n) is 7.67.